The number of hydrogen-bond donors (Lipinski definition) is 1. The third-order valence-electron chi connectivity index (χ3n) is 3.68. The van der Waals surface area contributed by atoms with Crippen molar-refractivity contribution in [2.75, 3.05) is 6.61 Å². The number of carbonyl (C=O) groups excluding carboxylic acids is 1. The second kappa shape index (κ2) is 7.61. The molecule has 0 fully saturated rings. The van der Waals surface area contributed by atoms with Crippen LogP contribution in [0.25, 0.3) is 22.6 Å². The van der Waals surface area contributed by atoms with Crippen LogP contribution < -0.4 is 0 Å². The molecule has 0 atom stereocenters. The van der Waals surface area contributed by atoms with E-state index in [1.165, 1.54) is 0 Å². The molecule has 7 heteroatoms. The van der Waals surface area contributed by atoms with Crippen molar-refractivity contribution in [2.45, 2.75) is 6.92 Å². The molecule has 0 bridgehead atoms. The molecule has 0 amide bonds. The zero-order chi connectivity index (χ0) is 18.7. The molecule has 0 aliphatic heterocycles. The fourth-order valence-corrected chi connectivity index (χ4v) is 3.21. The maximum atomic E-state index is 12.4. The second-order valence-electron chi connectivity index (χ2n) is 5.33. The van der Waals surface area contributed by atoms with Crippen molar-refractivity contribution in [3.8, 4) is 6.07 Å². The molecule has 0 aliphatic rings. The average molecular weight is 386 g/mol. The van der Waals surface area contributed by atoms with Crippen molar-refractivity contribution in [1.82, 2.24) is 9.97 Å². The van der Waals surface area contributed by atoms with Crippen molar-refractivity contribution in [3.63, 3.8) is 0 Å². The van der Waals surface area contributed by atoms with E-state index < -0.39 is 5.97 Å². The largest absolute Gasteiger partial charge is 0.461 e. The molecule has 2 aromatic heterocycles. The number of fused-ring (bicyclic) bond motifs is 1. The number of carbonyl (C=O) groups is 1. The topological polar surface area (TPSA) is 78.8 Å². The Balaban J connectivity index is 2.29. The fraction of sp³-hybridized carbons (Fsp3) is 0.105. The average Bonchev–Trinajstić information content (AvgIpc) is 2.99. The number of allylic oxidation sites excluding steroid dienone is 1. The van der Waals surface area contributed by atoms with Crippen molar-refractivity contribution in [3.05, 3.63) is 63.5 Å². The van der Waals surface area contributed by atoms with Crippen LogP contribution in [0.1, 0.15) is 28.7 Å². The maximum Gasteiger partial charge on any atom is 0.355 e. The minimum atomic E-state index is -0.541. The monoisotopic (exact) mass is 385 g/mol. The third kappa shape index (κ3) is 3.43. The Morgan fingerprint density at radius 1 is 1.38 bits per heavy atom. The molecule has 0 saturated heterocycles. The molecule has 0 spiro atoms. The lowest BCUT2D eigenvalue weighted by molar-refractivity contribution is 0.0520. The molecule has 0 aliphatic carbocycles. The van der Waals surface area contributed by atoms with Crippen LogP contribution in [0.15, 0.2) is 36.5 Å². The molecule has 3 rings (SSSR count). The first-order valence-electron chi connectivity index (χ1n) is 7.76. The Bertz CT molecular complexity index is 1050. The van der Waals surface area contributed by atoms with Crippen LogP contribution in [0, 0.1) is 11.3 Å². The lowest BCUT2D eigenvalue weighted by Crippen LogP contribution is -2.06. The zero-order valence-electron chi connectivity index (χ0n) is 13.7. The lowest BCUT2D eigenvalue weighted by atomic mass is 10.0. The smallest absolute Gasteiger partial charge is 0.355 e. The number of ether oxygens (including phenoxy) is 1. The van der Waals surface area contributed by atoms with Gasteiger partial charge in [0.15, 0.2) is 0 Å². The standard InChI is InChI=1S/C19H13Cl2N3O2/c1-2-26-19(25)18-13(7-11(10-22)15-5-3-4-6-23-15)17-14(21)8-12(20)9-16(17)24-18/h3-9,24H,2H2,1H3. The zero-order valence-corrected chi connectivity index (χ0v) is 15.2. The number of aromatic amines is 1. The minimum Gasteiger partial charge on any atom is -0.461 e. The predicted octanol–water partition coefficient (Wildman–Crippen LogP) is 5.11. The van der Waals surface area contributed by atoms with Crippen molar-refractivity contribution < 1.29 is 9.53 Å². The van der Waals surface area contributed by atoms with Gasteiger partial charge in [-0.2, -0.15) is 5.26 Å². The molecule has 130 valence electrons. The molecule has 1 aromatic carbocycles. The van der Waals surface area contributed by atoms with Crippen LogP contribution >= 0.6 is 23.2 Å². The summed E-state index contributed by atoms with van der Waals surface area (Å²) < 4.78 is 5.12. The number of nitrogens with zero attached hydrogens (tertiary/aromatic N) is 2. The van der Waals surface area contributed by atoms with Crippen LogP contribution in [0.2, 0.25) is 10.0 Å². The molecule has 1 N–H and O–H groups in total. The number of aromatic nitrogens is 2. The molecular formula is C19H13Cl2N3O2. The second-order valence-corrected chi connectivity index (χ2v) is 6.17. The van der Waals surface area contributed by atoms with Crippen molar-refractivity contribution >= 4 is 51.7 Å². The summed E-state index contributed by atoms with van der Waals surface area (Å²) >= 11 is 12.4. The first-order chi connectivity index (χ1) is 12.5. The lowest BCUT2D eigenvalue weighted by Gasteiger charge is -2.03. The van der Waals surface area contributed by atoms with Crippen LogP contribution in [0.3, 0.4) is 0 Å². The molecule has 3 aromatic rings. The van der Waals surface area contributed by atoms with Gasteiger partial charge in [-0.15, -0.1) is 0 Å². The number of esters is 1. The molecule has 0 radical (unpaired) electrons. The minimum absolute atomic E-state index is 0.203. The Hall–Kier alpha value is -2.81. The quantitative estimate of drug-likeness (QED) is 0.499. The van der Waals surface area contributed by atoms with Crippen LogP contribution in [-0.2, 0) is 4.74 Å². The molecular weight excluding hydrogens is 373 g/mol. The van der Waals surface area contributed by atoms with E-state index in [1.807, 2.05) is 0 Å². The fourth-order valence-electron chi connectivity index (χ4n) is 2.61. The van der Waals surface area contributed by atoms with Gasteiger partial charge in [0.05, 0.1) is 22.9 Å². The Labute approximate surface area is 159 Å². The summed E-state index contributed by atoms with van der Waals surface area (Å²) in [5.41, 5.74) is 2.03. The third-order valence-corrected chi connectivity index (χ3v) is 4.20. The van der Waals surface area contributed by atoms with Gasteiger partial charge in [-0.1, -0.05) is 29.3 Å². The molecule has 0 saturated carbocycles. The number of pyridine rings is 1. The normalized spacial score (nSPS) is 11.4. The van der Waals surface area contributed by atoms with Crippen LogP contribution in [0.5, 0.6) is 0 Å². The molecule has 5 nitrogen and oxygen atoms in total. The van der Waals surface area contributed by atoms with Gasteiger partial charge in [-0.25, -0.2) is 4.79 Å². The van der Waals surface area contributed by atoms with E-state index in [2.05, 4.69) is 16.0 Å². The summed E-state index contributed by atoms with van der Waals surface area (Å²) in [5.74, 6) is -0.541. The Morgan fingerprint density at radius 3 is 2.85 bits per heavy atom. The highest BCUT2D eigenvalue weighted by atomic mass is 35.5. The first-order valence-corrected chi connectivity index (χ1v) is 8.51. The van der Waals surface area contributed by atoms with Gasteiger partial charge in [-0.3, -0.25) is 4.98 Å². The number of nitriles is 1. The number of hydrogen-bond acceptors (Lipinski definition) is 4. The van der Waals surface area contributed by atoms with E-state index in [-0.39, 0.29) is 12.3 Å². The highest BCUT2D eigenvalue weighted by Gasteiger charge is 2.21. The van der Waals surface area contributed by atoms with Gasteiger partial charge in [0.1, 0.15) is 11.8 Å². The number of benzene rings is 1. The SMILES string of the molecule is CCOC(=O)c1[nH]c2cc(Cl)cc(Cl)c2c1C=C(C#N)c1ccccn1. The Kier molecular flexibility index (Phi) is 5.27. The van der Waals surface area contributed by atoms with Crippen LogP contribution in [0.4, 0.5) is 0 Å². The van der Waals surface area contributed by atoms with Gasteiger partial charge < -0.3 is 9.72 Å². The summed E-state index contributed by atoms with van der Waals surface area (Å²) in [6.07, 6.45) is 3.17. The van der Waals surface area contributed by atoms with Gasteiger partial charge in [-0.05, 0) is 37.3 Å². The van der Waals surface area contributed by atoms with E-state index in [1.54, 1.807) is 49.5 Å². The molecule has 0 unspecified atom stereocenters. The number of H-pyrrole nitrogens is 1. The van der Waals surface area contributed by atoms with E-state index in [4.69, 9.17) is 27.9 Å². The summed E-state index contributed by atoms with van der Waals surface area (Å²) in [6.45, 7) is 1.94. The summed E-state index contributed by atoms with van der Waals surface area (Å²) in [5, 5.41) is 10.9. The number of halogens is 2. The highest BCUT2D eigenvalue weighted by Crippen LogP contribution is 2.35. The van der Waals surface area contributed by atoms with Gasteiger partial charge in [0.25, 0.3) is 0 Å². The summed E-state index contributed by atoms with van der Waals surface area (Å²) in [4.78, 5) is 19.6. The van der Waals surface area contributed by atoms with E-state index in [0.717, 1.165) is 0 Å². The van der Waals surface area contributed by atoms with E-state index >= 15 is 0 Å². The first kappa shape index (κ1) is 18.0. The molecule has 26 heavy (non-hydrogen) atoms. The number of rotatable bonds is 4. The predicted molar refractivity (Wildman–Crippen MR) is 102 cm³/mol. The van der Waals surface area contributed by atoms with E-state index in [0.29, 0.717) is 37.8 Å². The highest BCUT2D eigenvalue weighted by molar-refractivity contribution is 6.39. The van der Waals surface area contributed by atoms with Gasteiger partial charge in [0, 0.05) is 27.7 Å². The van der Waals surface area contributed by atoms with Gasteiger partial charge in [0.2, 0.25) is 0 Å². The molecule has 2 heterocycles. The van der Waals surface area contributed by atoms with Crippen molar-refractivity contribution in [1.29, 1.82) is 5.26 Å². The van der Waals surface area contributed by atoms with Crippen LogP contribution in [-0.4, -0.2) is 22.5 Å². The number of nitrogens with one attached hydrogen (secondary N) is 1. The maximum absolute atomic E-state index is 12.4. The van der Waals surface area contributed by atoms with Crippen molar-refractivity contribution in [2.24, 2.45) is 0 Å². The summed E-state index contributed by atoms with van der Waals surface area (Å²) in [7, 11) is 0. The van der Waals surface area contributed by atoms with E-state index in [9.17, 15) is 10.1 Å². The summed E-state index contributed by atoms with van der Waals surface area (Å²) in [6, 6.07) is 10.6. The van der Waals surface area contributed by atoms with Gasteiger partial charge >= 0.3 is 5.97 Å². The Morgan fingerprint density at radius 2 is 2.19 bits per heavy atom.